The predicted octanol–water partition coefficient (Wildman–Crippen LogP) is 2.64. The highest BCUT2D eigenvalue weighted by molar-refractivity contribution is 6.30. The summed E-state index contributed by atoms with van der Waals surface area (Å²) in [5, 5.41) is 4.71. The van der Waals surface area contributed by atoms with Crippen LogP contribution in [0.1, 0.15) is 35.7 Å². The number of nitrogens with zero attached hydrogens (tertiary/aromatic N) is 6. The third kappa shape index (κ3) is 3.75. The molecule has 1 fully saturated rings. The molecule has 4 atom stereocenters. The fourth-order valence-electron chi connectivity index (χ4n) is 4.11. The van der Waals surface area contributed by atoms with Crippen molar-refractivity contribution in [3.63, 3.8) is 0 Å². The molecule has 3 aliphatic rings. The van der Waals surface area contributed by atoms with Gasteiger partial charge in [0.25, 0.3) is 12.3 Å². The first-order chi connectivity index (χ1) is 15.4. The number of aliphatic imine (C=N–C) groups is 2. The van der Waals surface area contributed by atoms with Crippen LogP contribution in [-0.2, 0) is 16.1 Å². The summed E-state index contributed by atoms with van der Waals surface area (Å²) in [7, 11) is 1.41. The molecule has 9 nitrogen and oxygen atoms in total. The molecule has 12 heteroatoms. The second-order valence-electron chi connectivity index (χ2n) is 7.84. The smallest absolute Gasteiger partial charge is 0.294 e. The van der Waals surface area contributed by atoms with E-state index < -0.39 is 30.4 Å². The standard InChI is InChI=1S/C20H19ClF2N6O3/c1-28-15-18(26-19(28)16(22)23)24-9-29(20(15)30)7-14-25-17(27-32-14)11-6-13(31-8-11)10-2-4-12(21)5-3-10/h2-5,9,11,13,15-16,18H,6-8H2,1H3/t11-,13+,15?,18?/m0/s1. The van der Waals surface area contributed by atoms with Crippen molar-refractivity contribution in [1.29, 1.82) is 0 Å². The molecular weight excluding hydrogens is 446 g/mol. The minimum Gasteiger partial charge on any atom is -0.373 e. The summed E-state index contributed by atoms with van der Waals surface area (Å²) in [4.78, 5) is 27.7. The number of benzene rings is 1. The number of halogens is 3. The Balaban J connectivity index is 1.23. The maximum atomic E-state index is 13.1. The van der Waals surface area contributed by atoms with Gasteiger partial charge in [-0.1, -0.05) is 28.9 Å². The molecule has 5 rings (SSSR count). The number of hydrogen-bond donors (Lipinski definition) is 0. The Morgan fingerprint density at radius 2 is 2.06 bits per heavy atom. The number of rotatable bonds is 5. The van der Waals surface area contributed by atoms with Crippen LogP contribution in [-0.4, -0.2) is 70.3 Å². The van der Waals surface area contributed by atoms with E-state index in [1.54, 1.807) is 0 Å². The van der Waals surface area contributed by atoms with E-state index in [-0.39, 0.29) is 24.5 Å². The van der Waals surface area contributed by atoms with Gasteiger partial charge in [-0.05, 0) is 24.1 Å². The SMILES string of the molecule is CN1C(C(F)F)=NC2N=CN(Cc3nc([C@@H]4CO[C@@H](c5ccc(Cl)cc5)C4)no3)C(=O)C21. The lowest BCUT2D eigenvalue weighted by atomic mass is 10.0. The van der Waals surface area contributed by atoms with Crippen molar-refractivity contribution in [3.8, 4) is 0 Å². The van der Waals surface area contributed by atoms with Gasteiger partial charge in [0, 0.05) is 18.0 Å². The quantitative estimate of drug-likeness (QED) is 0.675. The van der Waals surface area contributed by atoms with E-state index in [0.29, 0.717) is 23.9 Å². The highest BCUT2D eigenvalue weighted by Gasteiger charge is 2.45. The molecule has 0 saturated carbocycles. The van der Waals surface area contributed by atoms with Crippen LogP contribution < -0.4 is 0 Å². The van der Waals surface area contributed by atoms with Crippen molar-refractivity contribution in [1.82, 2.24) is 19.9 Å². The summed E-state index contributed by atoms with van der Waals surface area (Å²) in [5.74, 6) is -0.172. The van der Waals surface area contributed by atoms with Crippen LogP contribution >= 0.6 is 11.6 Å². The van der Waals surface area contributed by atoms with E-state index in [1.165, 1.54) is 23.2 Å². The summed E-state index contributed by atoms with van der Waals surface area (Å²) in [6.45, 7) is 0.434. The van der Waals surface area contributed by atoms with Gasteiger partial charge in [0.1, 0.15) is 6.54 Å². The third-order valence-electron chi connectivity index (χ3n) is 5.81. The van der Waals surface area contributed by atoms with E-state index in [9.17, 15) is 13.6 Å². The summed E-state index contributed by atoms with van der Waals surface area (Å²) in [6.07, 6.45) is -1.76. The van der Waals surface area contributed by atoms with Gasteiger partial charge in [-0.25, -0.2) is 18.8 Å². The number of alkyl halides is 2. The van der Waals surface area contributed by atoms with Gasteiger partial charge >= 0.3 is 0 Å². The van der Waals surface area contributed by atoms with Crippen LogP contribution in [0.15, 0.2) is 38.8 Å². The molecule has 0 bridgehead atoms. The number of hydrogen-bond acceptors (Lipinski definition) is 8. The molecule has 3 aliphatic heterocycles. The summed E-state index contributed by atoms with van der Waals surface area (Å²) in [6, 6.07) is 6.58. The molecule has 1 amide bonds. The Kier molecular flexibility index (Phi) is 5.38. The number of fused-ring (bicyclic) bond motifs is 1. The number of amidine groups is 1. The molecule has 168 valence electrons. The average molecular weight is 465 g/mol. The second-order valence-corrected chi connectivity index (χ2v) is 8.28. The van der Waals surface area contributed by atoms with Gasteiger partial charge in [0.05, 0.1) is 19.0 Å². The molecule has 1 aromatic heterocycles. The van der Waals surface area contributed by atoms with Gasteiger partial charge in [-0.3, -0.25) is 9.69 Å². The van der Waals surface area contributed by atoms with Crippen LogP contribution in [0.2, 0.25) is 5.02 Å². The number of carbonyl (C=O) groups is 1. The van der Waals surface area contributed by atoms with Crippen molar-refractivity contribution in [2.75, 3.05) is 13.7 Å². The molecule has 0 radical (unpaired) electrons. The Labute approximate surface area is 186 Å². The highest BCUT2D eigenvalue weighted by atomic mass is 35.5. The Bertz CT molecular complexity index is 1080. The number of ether oxygens (including phenoxy) is 1. The van der Waals surface area contributed by atoms with Crippen LogP contribution in [0, 0.1) is 0 Å². The highest BCUT2D eigenvalue weighted by Crippen LogP contribution is 2.37. The summed E-state index contributed by atoms with van der Waals surface area (Å²) >= 11 is 5.94. The van der Waals surface area contributed by atoms with Crippen LogP contribution in [0.3, 0.4) is 0 Å². The van der Waals surface area contributed by atoms with Crippen LogP contribution in [0.25, 0.3) is 0 Å². The topological polar surface area (TPSA) is 96.4 Å². The number of carbonyl (C=O) groups excluding carboxylic acids is 1. The van der Waals surface area contributed by atoms with Crippen molar-refractivity contribution >= 4 is 29.7 Å². The maximum absolute atomic E-state index is 13.1. The molecule has 0 N–H and O–H groups in total. The molecule has 0 spiro atoms. The van der Waals surface area contributed by atoms with E-state index in [2.05, 4.69) is 20.1 Å². The molecule has 1 saturated heterocycles. The molecule has 32 heavy (non-hydrogen) atoms. The predicted molar refractivity (Wildman–Crippen MR) is 110 cm³/mol. The normalized spacial score (nSPS) is 27.4. The minimum absolute atomic E-state index is 0.00933. The third-order valence-corrected chi connectivity index (χ3v) is 6.06. The van der Waals surface area contributed by atoms with Gasteiger partial charge in [-0.15, -0.1) is 0 Å². The lowest BCUT2D eigenvalue weighted by Gasteiger charge is -2.30. The molecule has 0 aliphatic carbocycles. The zero-order chi connectivity index (χ0) is 22.4. The van der Waals surface area contributed by atoms with E-state index >= 15 is 0 Å². The molecule has 2 unspecified atom stereocenters. The zero-order valence-electron chi connectivity index (χ0n) is 16.9. The van der Waals surface area contributed by atoms with Gasteiger partial charge in [0.15, 0.2) is 23.9 Å². The molecule has 1 aromatic carbocycles. The van der Waals surface area contributed by atoms with Crippen LogP contribution in [0.4, 0.5) is 8.78 Å². The van der Waals surface area contributed by atoms with E-state index in [4.69, 9.17) is 20.9 Å². The Hall–Kier alpha value is -2.92. The Morgan fingerprint density at radius 1 is 1.28 bits per heavy atom. The molecule has 2 aromatic rings. The van der Waals surface area contributed by atoms with Crippen molar-refractivity contribution in [3.05, 3.63) is 46.6 Å². The maximum Gasteiger partial charge on any atom is 0.294 e. The first-order valence-electron chi connectivity index (χ1n) is 10.0. The fraction of sp³-hybridized carbons (Fsp3) is 0.450. The lowest BCUT2D eigenvalue weighted by Crippen LogP contribution is -2.53. The lowest BCUT2D eigenvalue weighted by molar-refractivity contribution is -0.132. The Morgan fingerprint density at radius 3 is 2.81 bits per heavy atom. The number of aromatic nitrogens is 2. The zero-order valence-corrected chi connectivity index (χ0v) is 17.7. The van der Waals surface area contributed by atoms with Crippen LogP contribution in [0.5, 0.6) is 0 Å². The number of likely N-dealkylation sites (N-methyl/N-ethyl adjacent to an activating group) is 1. The van der Waals surface area contributed by atoms with Crippen molar-refractivity contribution in [2.45, 2.75) is 43.6 Å². The number of amides is 1. The van der Waals surface area contributed by atoms with Crippen molar-refractivity contribution in [2.24, 2.45) is 9.98 Å². The fourth-order valence-corrected chi connectivity index (χ4v) is 4.24. The molecule has 4 heterocycles. The van der Waals surface area contributed by atoms with E-state index in [0.717, 1.165) is 5.56 Å². The van der Waals surface area contributed by atoms with E-state index in [1.807, 2.05) is 24.3 Å². The first kappa shape index (κ1) is 21.0. The van der Waals surface area contributed by atoms with Gasteiger partial charge in [0.2, 0.25) is 5.89 Å². The largest absolute Gasteiger partial charge is 0.373 e. The first-order valence-corrected chi connectivity index (χ1v) is 10.4. The minimum atomic E-state index is -2.77. The van der Waals surface area contributed by atoms with Crippen molar-refractivity contribution < 1.29 is 22.8 Å². The summed E-state index contributed by atoms with van der Waals surface area (Å²) in [5.41, 5.74) is 1.02. The average Bonchev–Trinajstić information content (AvgIpc) is 3.49. The van der Waals surface area contributed by atoms with Gasteiger partial charge in [-0.2, -0.15) is 4.98 Å². The second kappa shape index (κ2) is 8.21. The summed E-state index contributed by atoms with van der Waals surface area (Å²) < 4.78 is 37.4. The van der Waals surface area contributed by atoms with Gasteiger partial charge < -0.3 is 14.2 Å². The molecular formula is C20H19ClF2N6O3. The monoisotopic (exact) mass is 464 g/mol.